The molecule has 0 aliphatic carbocycles. The minimum atomic E-state index is -0.0367. The summed E-state index contributed by atoms with van der Waals surface area (Å²) in [5.41, 5.74) is 4.09. The normalized spacial score (nSPS) is 10.2. The third-order valence-electron chi connectivity index (χ3n) is 3.40. The quantitative estimate of drug-likeness (QED) is 0.914. The van der Waals surface area contributed by atoms with Crippen LogP contribution in [-0.4, -0.2) is 19.6 Å². The van der Waals surface area contributed by atoms with E-state index in [1.165, 1.54) is 5.56 Å². The highest BCUT2D eigenvalue weighted by Gasteiger charge is 2.07. The largest absolute Gasteiger partial charge is 0.496 e. The molecule has 0 bridgehead atoms. The number of benzene rings is 2. The maximum Gasteiger partial charge on any atom is 0.251 e. The fourth-order valence-electron chi connectivity index (χ4n) is 2.30. The number of carbonyl (C=O) groups is 1. The fourth-order valence-corrected chi connectivity index (χ4v) is 2.30. The Morgan fingerprint density at radius 1 is 1.10 bits per heavy atom. The molecule has 2 rings (SSSR count). The SMILES string of the molecule is COc1ccc(C)cc1CCNC(=O)c1cccc(C)c1. The monoisotopic (exact) mass is 283 g/mol. The molecule has 0 spiro atoms. The van der Waals surface area contributed by atoms with Gasteiger partial charge in [-0.3, -0.25) is 4.79 Å². The van der Waals surface area contributed by atoms with E-state index in [1.54, 1.807) is 7.11 Å². The van der Waals surface area contributed by atoms with Gasteiger partial charge >= 0.3 is 0 Å². The Kier molecular flexibility index (Phi) is 4.99. The number of rotatable bonds is 5. The van der Waals surface area contributed by atoms with Crippen molar-refractivity contribution < 1.29 is 9.53 Å². The number of hydrogen-bond donors (Lipinski definition) is 1. The first kappa shape index (κ1) is 15.1. The topological polar surface area (TPSA) is 38.3 Å². The average molecular weight is 283 g/mol. The van der Waals surface area contributed by atoms with Gasteiger partial charge in [0.1, 0.15) is 5.75 Å². The zero-order valence-corrected chi connectivity index (χ0v) is 12.8. The first-order valence-corrected chi connectivity index (χ1v) is 7.08. The molecule has 0 atom stereocenters. The molecular formula is C18H21NO2. The number of carbonyl (C=O) groups excluding carboxylic acids is 1. The summed E-state index contributed by atoms with van der Waals surface area (Å²) < 4.78 is 5.35. The van der Waals surface area contributed by atoms with Crippen LogP contribution >= 0.6 is 0 Å². The lowest BCUT2D eigenvalue weighted by molar-refractivity contribution is 0.0954. The van der Waals surface area contributed by atoms with Gasteiger partial charge in [0.2, 0.25) is 0 Å². The number of hydrogen-bond acceptors (Lipinski definition) is 2. The molecule has 0 radical (unpaired) electrons. The van der Waals surface area contributed by atoms with Gasteiger partial charge in [0.25, 0.3) is 5.91 Å². The first-order chi connectivity index (χ1) is 10.1. The highest BCUT2D eigenvalue weighted by molar-refractivity contribution is 5.94. The molecule has 0 saturated heterocycles. The second kappa shape index (κ2) is 6.93. The van der Waals surface area contributed by atoms with Gasteiger partial charge in [0.15, 0.2) is 0 Å². The summed E-state index contributed by atoms with van der Waals surface area (Å²) in [7, 11) is 1.67. The smallest absolute Gasteiger partial charge is 0.251 e. The van der Waals surface area contributed by atoms with Crippen LogP contribution in [0, 0.1) is 13.8 Å². The van der Waals surface area contributed by atoms with Gasteiger partial charge in [-0.2, -0.15) is 0 Å². The summed E-state index contributed by atoms with van der Waals surface area (Å²) in [4.78, 5) is 12.1. The third kappa shape index (κ3) is 4.09. The summed E-state index contributed by atoms with van der Waals surface area (Å²) >= 11 is 0. The molecule has 0 aliphatic heterocycles. The number of nitrogens with one attached hydrogen (secondary N) is 1. The van der Waals surface area contributed by atoms with Gasteiger partial charge in [0, 0.05) is 12.1 Å². The van der Waals surface area contributed by atoms with Crippen molar-refractivity contribution in [2.45, 2.75) is 20.3 Å². The molecule has 110 valence electrons. The van der Waals surface area contributed by atoms with E-state index in [4.69, 9.17) is 4.74 Å². The standard InChI is InChI=1S/C18H21NO2/c1-13-5-4-6-16(12-13)18(20)19-10-9-15-11-14(2)7-8-17(15)21-3/h4-8,11-12H,9-10H2,1-3H3,(H,19,20). The summed E-state index contributed by atoms with van der Waals surface area (Å²) in [6, 6.07) is 13.7. The molecule has 2 aromatic rings. The minimum absolute atomic E-state index is 0.0367. The van der Waals surface area contributed by atoms with Crippen molar-refractivity contribution in [1.29, 1.82) is 0 Å². The van der Waals surface area contributed by atoms with Crippen LogP contribution in [0.3, 0.4) is 0 Å². The van der Waals surface area contributed by atoms with Gasteiger partial charge < -0.3 is 10.1 Å². The van der Waals surface area contributed by atoms with Crippen LogP contribution in [0.4, 0.5) is 0 Å². The van der Waals surface area contributed by atoms with Crippen LogP contribution in [0.15, 0.2) is 42.5 Å². The molecule has 0 saturated carbocycles. The lowest BCUT2D eigenvalue weighted by Gasteiger charge is -2.10. The average Bonchev–Trinajstić information content (AvgIpc) is 2.47. The van der Waals surface area contributed by atoms with Crippen molar-refractivity contribution in [3.63, 3.8) is 0 Å². The molecule has 2 aromatic carbocycles. The van der Waals surface area contributed by atoms with Gasteiger partial charge in [-0.15, -0.1) is 0 Å². The molecule has 0 aliphatic rings. The lowest BCUT2D eigenvalue weighted by Crippen LogP contribution is -2.25. The molecule has 3 heteroatoms. The van der Waals surface area contributed by atoms with E-state index in [9.17, 15) is 4.79 Å². The fraction of sp³-hybridized carbons (Fsp3) is 0.278. The van der Waals surface area contributed by atoms with E-state index in [0.717, 1.165) is 23.3 Å². The minimum Gasteiger partial charge on any atom is -0.496 e. The Bertz CT molecular complexity index is 635. The Labute approximate surface area is 126 Å². The van der Waals surface area contributed by atoms with Gasteiger partial charge in [-0.05, 0) is 44.0 Å². The number of aryl methyl sites for hydroxylation is 2. The van der Waals surface area contributed by atoms with Crippen LogP contribution in [-0.2, 0) is 6.42 Å². The molecule has 21 heavy (non-hydrogen) atoms. The zero-order chi connectivity index (χ0) is 15.2. The maximum absolute atomic E-state index is 12.1. The zero-order valence-electron chi connectivity index (χ0n) is 12.8. The van der Waals surface area contributed by atoms with E-state index in [0.29, 0.717) is 12.1 Å². The summed E-state index contributed by atoms with van der Waals surface area (Å²) in [6.45, 7) is 4.62. The Hall–Kier alpha value is -2.29. The molecule has 0 heterocycles. The Morgan fingerprint density at radius 2 is 1.86 bits per heavy atom. The van der Waals surface area contributed by atoms with Gasteiger partial charge in [0.05, 0.1) is 7.11 Å². The molecule has 0 aromatic heterocycles. The predicted octanol–water partition coefficient (Wildman–Crippen LogP) is 3.28. The second-order valence-corrected chi connectivity index (χ2v) is 5.19. The maximum atomic E-state index is 12.1. The van der Waals surface area contributed by atoms with E-state index >= 15 is 0 Å². The van der Waals surface area contributed by atoms with Gasteiger partial charge in [-0.25, -0.2) is 0 Å². The van der Waals surface area contributed by atoms with Crippen LogP contribution in [0.5, 0.6) is 5.75 Å². The number of methoxy groups -OCH3 is 1. The van der Waals surface area contributed by atoms with Crippen LogP contribution in [0.1, 0.15) is 27.0 Å². The number of amides is 1. The van der Waals surface area contributed by atoms with Crippen molar-refractivity contribution in [2.24, 2.45) is 0 Å². The van der Waals surface area contributed by atoms with Crippen molar-refractivity contribution in [1.82, 2.24) is 5.32 Å². The van der Waals surface area contributed by atoms with Crippen molar-refractivity contribution in [2.75, 3.05) is 13.7 Å². The molecular weight excluding hydrogens is 262 g/mol. The molecule has 3 nitrogen and oxygen atoms in total. The highest BCUT2D eigenvalue weighted by atomic mass is 16.5. The van der Waals surface area contributed by atoms with Gasteiger partial charge in [-0.1, -0.05) is 35.4 Å². The van der Waals surface area contributed by atoms with Crippen molar-refractivity contribution in [3.05, 3.63) is 64.7 Å². The number of ether oxygens (including phenoxy) is 1. The van der Waals surface area contributed by atoms with Crippen LogP contribution in [0.2, 0.25) is 0 Å². The molecule has 0 unspecified atom stereocenters. The van der Waals surface area contributed by atoms with E-state index in [-0.39, 0.29) is 5.91 Å². The van der Waals surface area contributed by atoms with E-state index in [1.807, 2.05) is 50.2 Å². The van der Waals surface area contributed by atoms with Crippen molar-refractivity contribution >= 4 is 5.91 Å². The first-order valence-electron chi connectivity index (χ1n) is 7.08. The molecule has 1 amide bonds. The predicted molar refractivity (Wildman–Crippen MR) is 84.9 cm³/mol. The molecule has 0 fully saturated rings. The van der Waals surface area contributed by atoms with Crippen LogP contribution < -0.4 is 10.1 Å². The second-order valence-electron chi connectivity index (χ2n) is 5.19. The summed E-state index contributed by atoms with van der Waals surface area (Å²) in [6.07, 6.45) is 0.752. The highest BCUT2D eigenvalue weighted by Crippen LogP contribution is 2.19. The van der Waals surface area contributed by atoms with E-state index < -0.39 is 0 Å². The summed E-state index contributed by atoms with van der Waals surface area (Å²) in [5, 5.41) is 2.95. The Balaban J connectivity index is 1.95. The summed E-state index contributed by atoms with van der Waals surface area (Å²) in [5.74, 6) is 0.829. The van der Waals surface area contributed by atoms with Crippen molar-refractivity contribution in [3.8, 4) is 5.75 Å². The third-order valence-corrected chi connectivity index (χ3v) is 3.40. The molecule has 1 N–H and O–H groups in total. The van der Waals surface area contributed by atoms with E-state index in [2.05, 4.69) is 11.4 Å². The lowest BCUT2D eigenvalue weighted by atomic mass is 10.1. The van der Waals surface area contributed by atoms with Crippen LogP contribution in [0.25, 0.3) is 0 Å². The Morgan fingerprint density at radius 3 is 2.57 bits per heavy atom.